The quantitative estimate of drug-likeness (QED) is 0.624. The number of anilines is 1. The van der Waals surface area contributed by atoms with Crippen molar-refractivity contribution in [2.45, 2.75) is 6.92 Å². The Morgan fingerprint density at radius 2 is 1.92 bits per heavy atom. The fourth-order valence-electron chi connectivity index (χ4n) is 2.59. The maximum Gasteiger partial charge on any atom is 0.261 e. The lowest BCUT2D eigenvalue weighted by Crippen LogP contribution is -2.15. The summed E-state index contributed by atoms with van der Waals surface area (Å²) in [7, 11) is 0. The zero-order valence-corrected chi connectivity index (χ0v) is 13.2. The van der Waals surface area contributed by atoms with Gasteiger partial charge >= 0.3 is 0 Å². The van der Waals surface area contributed by atoms with Gasteiger partial charge in [-0.3, -0.25) is 14.5 Å². The Labute approximate surface area is 141 Å². The number of nitrogens with zero attached hydrogens (tertiary/aromatic N) is 5. The van der Waals surface area contributed by atoms with Crippen molar-refractivity contribution in [1.82, 2.24) is 24.4 Å². The normalized spacial score (nSPS) is 11.0. The van der Waals surface area contributed by atoms with E-state index in [2.05, 4.69) is 20.6 Å². The Kier molecular flexibility index (Phi) is 3.50. The van der Waals surface area contributed by atoms with Gasteiger partial charge in [-0.25, -0.2) is 9.07 Å². The lowest BCUT2D eigenvalue weighted by molar-refractivity contribution is 0.102. The standard InChI is InChI=1S/C17H13FN6O/c1-11-12(10-19-24(11)14-7-3-2-6-13(14)18)16(25)20-17-22-21-15-8-4-5-9-23(15)17/h2-10H,1H3,(H,20,22,25). The first-order valence-electron chi connectivity index (χ1n) is 7.56. The SMILES string of the molecule is Cc1c(C(=O)Nc2nnc3ccccn23)cnn1-c1ccccc1F. The van der Waals surface area contributed by atoms with Gasteiger partial charge in [-0.05, 0) is 31.2 Å². The minimum atomic E-state index is -0.413. The molecule has 1 aromatic carbocycles. The van der Waals surface area contributed by atoms with Gasteiger partial charge in [-0.2, -0.15) is 5.10 Å². The number of pyridine rings is 1. The molecule has 8 heteroatoms. The highest BCUT2D eigenvalue weighted by Gasteiger charge is 2.18. The highest BCUT2D eigenvalue weighted by atomic mass is 19.1. The Hall–Kier alpha value is -3.55. The summed E-state index contributed by atoms with van der Waals surface area (Å²) in [4.78, 5) is 12.6. The Morgan fingerprint density at radius 3 is 2.76 bits per heavy atom. The van der Waals surface area contributed by atoms with Crippen LogP contribution in [0.25, 0.3) is 11.3 Å². The predicted molar refractivity (Wildman–Crippen MR) is 89.2 cm³/mol. The van der Waals surface area contributed by atoms with Crippen LogP contribution in [0.2, 0.25) is 0 Å². The molecule has 0 saturated heterocycles. The molecule has 1 amide bonds. The highest BCUT2D eigenvalue weighted by molar-refractivity contribution is 6.04. The summed E-state index contributed by atoms with van der Waals surface area (Å²) in [6.07, 6.45) is 3.15. The Balaban J connectivity index is 1.67. The van der Waals surface area contributed by atoms with E-state index in [1.165, 1.54) is 16.9 Å². The van der Waals surface area contributed by atoms with Gasteiger partial charge in [-0.15, -0.1) is 10.2 Å². The van der Waals surface area contributed by atoms with E-state index in [1.807, 2.05) is 12.1 Å². The lowest BCUT2D eigenvalue weighted by atomic mass is 10.2. The molecule has 0 saturated carbocycles. The van der Waals surface area contributed by atoms with Crippen molar-refractivity contribution in [2.75, 3.05) is 5.32 Å². The molecule has 0 fully saturated rings. The molecule has 4 rings (SSSR count). The fourth-order valence-corrected chi connectivity index (χ4v) is 2.59. The Morgan fingerprint density at radius 1 is 1.12 bits per heavy atom. The molecule has 0 radical (unpaired) electrons. The average molecular weight is 336 g/mol. The average Bonchev–Trinajstić information content (AvgIpc) is 3.20. The van der Waals surface area contributed by atoms with Crippen LogP contribution in [0, 0.1) is 12.7 Å². The second-order valence-electron chi connectivity index (χ2n) is 5.41. The molecule has 0 atom stereocenters. The van der Waals surface area contributed by atoms with Crippen LogP contribution >= 0.6 is 0 Å². The third-order valence-electron chi connectivity index (χ3n) is 3.87. The minimum absolute atomic E-state index is 0.284. The van der Waals surface area contributed by atoms with Crippen LogP contribution in [0.4, 0.5) is 10.3 Å². The number of rotatable bonds is 3. The van der Waals surface area contributed by atoms with Crippen molar-refractivity contribution in [3.63, 3.8) is 0 Å². The molecule has 124 valence electrons. The minimum Gasteiger partial charge on any atom is -0.290 e. The zero-order chi connectivity index (χ0) is 17.4. The monoisotopic (exact) mass is 336 g/mol. The lowest BCUT2D eigenvalue weighted by Gasteiger charge is -2.06. The maximum atomic E-state index is 14.0. The summed E-state index contributed by atoms with van der Waals surface area (Å²) in [5, 5.41) is 14.8. The number of para-hydroxylation sites is 1. The molecule has 7 nitrogen and oxygen atoms in total. The molecule has 0 spiro atoms. The van der Waals surface area contributed by atoms with Gasteiger partial charge in [0.25, 0.3) is 5.91 Å². The summed E-state index contributed by atoms with van der Waals surface area (Å²) in [5.74, 6) is -0.499. The highest BCUT2D eigenvalue weighted by Crippen LogP contribution is 2.18. The van der Waals surface area contributed by atoms with Crippen LogP contribution in [0.5, 0.6) is 0 Å². The van der Waals surface area contributed by atoms with E-state index in [0.29, 0.717) is 22.9 Å². The van der Waals surface area contributed by atoms with Crippen molar-refractivity contribution >= 4 is 17.5 Å². The first kappa shape index (κ1) is 15.0. The number of hydrogen-bond acceptors (Lipinski definition) is 4. The number of fused-ring (bicyclic) bond motifs is 1. The van der Waals surface area contributed by atoms with Gasteiger partial charge < -0.3 is 0 Å². The summed E-state index contributed by atoms with van der Waals surface area (Å²) >= 11 is 0. The first-order chi connectivity index (χ1) is 12.1. The Bertz CT molecular complexity index is 1080. The molecular weight excluding hydrogens is 323 g/mol. The maximum absolute atomic E-state index is 14.0. The van der Waals surface area contributed by atoms with Gasteiger partial charge in [0.15, 0.2) is 5.65 Å². The van der Waals surface area contributed by atoms with Crippen LogP contribution in [-0.2, 0) is 0 Å². The van der Waals surface area contributed by atoms with Crippen LogP contribution in [-0.4, -0.2) is 30.3 Å². The number of benzene rings is 1. The molecule has 3 heterocycles. The summed E-state index contributed by atoms with van der Waals surface area (Å²) in [6, 6.07) is 11.7. The van der Waals surface area contributed by atoms with E-state index in [4.69, 9.17) is 0 Å². The molecule has 0 aliphatic rings. The third kappa shape index (κ3) is 2.53. The van der Waals surface area contributed by atoms with Crippen molar-refractivity contribution in [2.24, 2.45) is 0 Å². The third-order valence-corrected chi connectivity index (χ3v) is 3.87. The number of aromatic nitrogens is 5. The molecule has 0 aliphatic carbocycles. The molecule has 0 aliphatic heterocycles. The predicted octanol–water partition coefficient (Wildman–Crippen LogP) is 2.61. The zero-order valence-electron chi connectivity index (χ0n) is 13.2. The van der Waals surface area contributed by atoms with Crippen LogP contribution in [0.1, 0.15) is 16.1 Å². The van der Waals surface area contributed by atoms with Crippen LogP contribution in [0.3, 0.4) is 0 Å². The van der Waals surface area contributed by atoms with E-state index in [9.17, 15) is 9.18 Å². The second-order valence-corrected chi connectivity index (χ2v) is 5.41. The topological polar surface area (TPSA) is 77.1 Å². The second kappa shape index (κ2) is 5.82. The van der Waals surface area contributed by atoms with E-state index in [0.717, 1.165) is 0 Å². The summed E-state index contributed by atoms with van der Waals surface area (Å²) < 4.78 is 17.0. The molecule has 0 unspecified atom stereocenters. The molecule has 1 N–H and O–H groups in total. The fraction of sp³-hybridized carbons (Fsp3) is 0.0588. The molecular formula is C17H13FN6O. The first-order valence-corrected chi connectivity index (χ1v) is 7.56. The van der Waals surface area contributed by atoms with E-state index < -0.39 is 11.7 Å². The number of carbonyl (C=O) groups is 1. The largest absolute Gasteiger partial charge is 0.290 e. The van der Waals surface area contributed by atoms with E-state index in [-0.39, 0.29) is 5.69 Å². The van der Waals surface area contributed by atoms with Crippen LogP contribution < -0.4 is 5.32 Å². The molecule has 3 aromatic heterocycles. The number of amides is 1. The smallest absolute Gasteiger partial charge is 0.261 e. The van der Waals surface area contributed by atoms with Crippen molar-refractivity contribution < 1.29 is 9.18 Å². The van der Waals surface area contributed by atoms with Gasteiger partial charge in [0.2, 0.25) is 5.95 Å². The van der Waals surface area contributed by atoms with Gasteiger partial charge in [0.05, 0.1) is 17.5 Å². The van der Waals surface area contributed by atoms with Crippen molar-refractivity contribution in [3.05, 3.63) is 71.9 Å². The van der Waals surface area contributed by atoms with Gasteiger partial charge in [0, 0.05) is 6.20 Å². The van der Waals surface area contributed by atoms with E-state index in [1.54, 1.807) is 41.8 Å². The van der Waals surface area contributed by atoms with Crippen molar-refractivity contribution in [3.8, 4) is 5.69 Å². The molecule has 0 bridgehead atoms. The molecule has 25 heavy (non-hydrogen) atoms. The number of halogens is 1. The van der Waals surface area contributed by atoms with E-state index >= 15 is 0 Å². The van der Waals surface area contributed by atoms with Crippen molar-refractivity contribution in [1.29, 1.82) is 0 Å². The summed E-state index contributed by atoms with van der Waals surface area (Å²) in [5.41, 5.74) is 1.76. The summed E-state index contributed by atoms with van der Waals surface area (Å²) in [6.45, 7) is 1.70. The van der Waals surface area contributed by atoms with Crippen LogP contribution in [0.15, 0.2) is 54.9 Å². The van der Waals surface area contributed by atoms with Gasteiger partial charge in [0.1, 0.15) is 11.5 Å². The van der Waals surface area contributed by atoms with Gasteiger partial charge in [-0.1, -0.05) is 18.2 Å². The molecule has 4 aromatic rings. The number of hydrogen-bond donors (Lipinski definition) is 1. The number of carbonyl (C=O) groups excluding carboxylic acids is 1. The number of nitrogens with one attached hydrogen (secondary N) is 1.